The Morgan fingerprint density at radius 3 is 2.42 bits per heavy atom. The van der Waals surface area contributed by atoms with E-state index in [1.54, 1.807) is 29.9 Å². The van der Waals surface area contributed by atoms with Crippen LogP contribution >= 0.6 is 36.2 Å². The normalized spacial score (nSPS) is 9.47. The maximum Gasteiger partial charge on any atom is 0.211 e. The molecule has 0 saturated carbocycles. The lowest BCUT2D eigenvalue weighted by molar-refractivity contribution is 1.22. The molecule has 2 aromatic heterocycles. The first-order valence-electron chi connectivity index (χ1n) is 4.88. The Labute approximate surface area is 127 Å². The molecule has 4 N–H and O–H groups in total. The minimum Gasteiger partial charge on any atom is -0.369 e. The van der Waals surface area contributed by atoms with E-state index < -0.39 is 0 Å². The summed E-state index contributed by atoms with van der Waals surface area (Å²) in [7, 11) is 0. The van der Waals surface area contributed by atoms with Crippen molar-refractivity contribution < 1.29 is 0 Å². The highest BCUT2D eigenvalue weighted by Crippen LogP contribution is 2.26. The van der Waals surface area contributed by atoms with Gasteiger partial charge in [-0.25, -0.2) is 0 Å². The molecule has 5 nitrogen and oxygen atoms in total. The Balaban J connectivity index is 0.00000162. The number of nitrogens with zero attached hydrogens (tertiary/aromatic N) is 3. The number of aromatic nitrogens is 1. The second-order valence-corrected chi connectivity index (χ2v) is 4.32. The lowest BCUT2D eigenvalue weighted by atomic mass is 10.2. The van der Waals surface area contributed by atoms with Gasteiger partial charge in [-0.15, -0.1) is 41.3 Å². The molecule has 0 aliphatic rings. The number of thiophene rings is 1. The second-order valence-electron chi connectivity index (χ2n) is 3.21. The third-order valence-corrected chi connectivity index (χ3v) is 3.02. The number of halogens is 2. The highest BCUT2D eigenvalue weighted by atomic mass is 35.5. The molecule has 0 saturated heterocycles. The Morgan fingerprint density at radius 2 is 1.79 bits per heavy atom. The summed E-state index contributed by atoms with van der Waals surface area (Å²) < 4.78 is 0. The largest absolute Gasteiger partial charge is 0.369 e. The lowest BCUT2D eigenvalue weighted by Gasteiger charge is -1.93. The first kappa shape index (κ1) is 17.4. The molecule has 2 aromatic rings. The van der Waals surface area contributed by atoms with Crippen LogP contribution in [0, 0.1) is 0 Å². The molecule has 19 heavy (non-hydrogen) atoms. The topological polar surface area (TPSA) is 89.7 Å². The third kappa shape index (κ3) is 5.25. The van der Waals surface area contributed by atoms with Crippen LogP contribution in [0.5, 0.6) is 0 Å². The van der Waals surface area contributed by atoms with E-state index in [9.17, 15) is 0 Å². The highest BCUT2D eigenvalue weighted by Gasteiger charge is 2.00. The van der Waals surface area contributed by atoms with Gasteiger partial charge in [0.2, 0.25) is 5.96 Å². The monoisotopic (exact) mass is 317 g/mol. The summed E-state index contributed by atoms with van der Waals surface area (Å²) in [5, 5.41) is 7.30. The van der Waals surface area contributed by atoms with E-state index in [4.69, 9.17) is 11.5 Å². The van der Waals surface area contributed by atoms with Crippen molar-refractivity contribution in [1.82, 2.24) is 4.98 Å². The summed E-state index contributed by atoms with van der Waals surface area (Å²) in [6.07, 6.45) is 5.15. The molecule has 0 bridgehead atoms. The number of guanidine groups is 1. The molecule has 0 aliphatic heterocycles. The van der Waals surface area contributed by atoms with Crippen molar-refractivity contribution in [3.05, 3.63) is 41.5 Å². The van der Waals surface area contributed by atoms with Gasteiger partial charge in [-0.05, 0) is 29.8 Å². The van der Waals surface area contributed by atoms with Crippen LogP contribution < -0.4 is 11.5 Å². The van der Waals surface area contributed by atoms with E-state index >= 15 is 0 Å². The first-order valence-corrected chi connectivity index (χ1v) is 5.69. The molecular formula is C11H13Cl2N5S. The Hall–Kier alpha value is -1.63. The number of rotatable bonds is 3. The van der Waals surface area contributed by atoms with Crippen molar-refractivity contribution in [3.8, 4) is 10.4 Å². The van der Waals surface area contributed by atoms with Gasteiger partial charge in [0.05, 0.1) is 6.21 Å². The SMILES string of the molecule is Cl.Cl.NC(N)=N/N=C/c1ccc(-c2ccncc2)s1. The van der Waals surface area contributed by atoms with Crippen LogP contribution in [0.3, 0.4) is 0 Å². The quantitative estimate of drug-likeness (QED) is 0.517. The number of pyridine rings is 1. The first-order chi connectivity index (χ1) is 8.25. The van der Waals surface area contributed by atoms with Gasteiger partial charge in [0.15, 0.2) is 0 Å². The van der Waals surface area contributed by atoms with Gasteiger partial charge in [-0.1, -0.05) is 0 Å². The standard InChI is InChI=1S/C11H11N5S.2ClH/c12-11(13)16-15-7-9-1-2-10(17-9)8-3-5-14-6-4-8;;/h1-7H,(H4,12,13,16);2*1H/b15-7+;;. The van der Waals surface area contributed by atoms with Gasteiger partial charge >= 0.3 is 0 Å². The van der Waals surface area contributed by atoms with Crippen molar-refractivity contribution in [1.29, 1.82) is 0 Å². The van der Waals surface area contributed by atoms with E-state index in [2.05, 4.69) is 15.2 Å². The molecular weight excluding hydrogens is 305 g/mol. The maximum absolute atomic E-state index is 5.16. The van der Waals surface area contributed by atoms with Crippen LogP contribution in [0.1, 0.15) is 4.88 Å². The van der Waals surface area contributed by atoms with Crippen LogP contribution in [-0.2, 0) is 0 Å². The van der Waals surface area contributed by atoms with Crippen molar-refractivity contribution in [3.63, 3.8) is 0 Å². The summed E-state index contributed by atoms with van der Waals surface area (Å²) in [5.74, 6) is -0.0489. The molecule has 0 unspecified atom stereocenters. The number of hydrogen-bond donors (Lipinski definition) is 2. The van der Waals surface area contributed by atoms with E-state index in [1.807, 2.05) is 24.3 Å². The molecule has 2 heterocycles. The van der Waals surface area contributed by atoms with Crippen LogP contribution in [0.25, 0.3) is 10.4 Å². The summed E-state index contributed by atoms with van der Waals surface area (Å²) in [6.45, 7) is 0. The number of hydrogen-bond acceptors (Lipinski definition) is 4. The van der Waals surface area contributed by atoms with E-state index in [1.165, 1.54) is 0 Å². The molecule has 0 amide bonds. The average Bonchev–Trinajstić information content (AvgIpc) is 2.78. The van der Waals surface area contributed by atoms with E-state index in [0.717, 1.165) is 15.3 Å². The second kappa shape index (κ2) is 8.47. The molecule has 0 atom stereocenters. The van der Waals surface area contributed by atoms with Crippen molar-refractivity contribution in [2.24, 2.45) is 21.7 Å². The Morgan fingerprint density at radius 1 is 1.11 bits per heavy atom. The molecule has 0 spiro atoms. The molecule has 0 aromatic carbocycles. The molecule has 2 rings (SSSR count). The summed E-state index contributed by atoms with van der Waals surface area (Å²) in [6, 6.07) is 7.91. The molecule has 8 heteroatoms. The zero-order valence-electron chi connectivity index (χ0n) is 9.76. The van der Waals surface area contributed by atoms with Gasteiger partial charge in [0.1, 0.15) is 0 Å². The molecule has 102 valence electrons. The number of nitrogens with two attached hydrogens (primary N) is 2. The fraction of sp³-hybridized carbons (Fsp3) is 0. The average molecular weight is 318 g/mol. The Kier molecular flexibility index (Phi) is 7.74. The molecule has 0 aliphatic carbocycles. The summed E-state index contributed by atoms with van der Waals surface area (Å²) >= 11 is 1.61. The van der Waals surface area contributed by atoms with Crippen molar-refractivity contribution >= 4 is 48.3 Å². The predicted octanol–water partition coefficient (Wildman–Crippen LogP) is 2.26. The van der Waals surface area contributed by atoms with E-state index in [0.29, 0.717) is 0 Å². The smallest absolute Gasteiger partial charge is 0.211 e. The summed E-state index contributed by atoms with van der Waals surface area (Å²) in [4.78, 5) is 6.12. The highest BCUT2D eigenvalue weighted by molar-refractivity contribution is 7.17. The van der Waals surface area contributed by atoms with Gasteiger partial charge < -0.3 is 11.5 Å². The third-order valence-electron chi connectivity index (χ3n) is 1.95. The van der Waals surface area contributed by atoms with Gasteiger partial charge in [0, 0.05) is 22.1 Å². The molecule has 0 radical (unpaired) electrons. The van der Waals surface area contributed by atoms with Crippen LogP contribution in [0.4, 0.5) is 0 Å². The van der Waals surface area contributed by atoms with Crippen molar-refractivity contribution in [2.75, 3.05) is 0 Å². The lowest BCUT2D eigenvalue weighted by Crippen LogP contribution is -2.21. The van der Waals surface area contributed by atoms with Crippen molar-refractivity contribution in [2.45, 2.75) is 0 Å². The molecule has 0 fully saturated rings. The van der Waals surface area contributed by atoms with Gasteiger partial charge in [0.25, 0.3) is 0 Å². The van der Waals surface area contributed by atoms with Gasteiger partial charge in [-0.3, -0.25) is 4.98 Å². The van der Waals surface area contributed by atoms with Crippen LogP contribution in [0.2, 0.25) is 0 Å². The van der Waals surface area contributed by atoms with Crippen LogP contribution in [-0.4, -0.2) is 17.2 Å². The minimum atomic E-state index is -0.0489. The van der Waals surface area contributed by atoms with E-state index in [-0.39, 0.29) is 30.8 Å². The fourth-order valence-electron chi connectivity index (χ4n) is 1.25. The summed E-state index contributed by atoms with van der Waals surface area (Å²) in [5.41, 5.74) is 11.5. The Bertz CT molecular complexity index is 549. The predicted molar refractivity (Wildman–Crippen MR) is 85.4 cm³/mol. The zero-order valence-corrected chi connectivity index (χ0v) is 12.2. The maximum atomic E-state index is 5.16. The van der Waals surface area contributed by atoms with Gasteiger partial charge in [-0.2, -0.15) is 5.10 Å². The fourth-order valence-corrected chi connectivity index (χ4v) is 2.13. The minimum absolute atomic E-state index is 0. The zero-order chi connectivity index (χ0) is 12.1. The van der Waals surface area contributed by atoms with Crippen LogP contribution in [0.15, 0.2) is 46.9 Å².